The predicted molar refractivity (Wildman–Crippen MR) is 73.4 cm³/mol. The molecule has 1 aliphatic heterocycles. The van der Waals surface area contributed by atoms with E-state index < -0.39 is 12.1 Å². The van der Waals surface area contributed by atoms with Crippen molar-refractivity contribution in [2.45, 2.75) is 32.9 Å². The number of nitrogens with zero attached hydrogens (tertiary/aromatic N) is 1. The van der Waals surface area contributed by atoms with Crippen molar-refractivity contribution < 1.29 is 9.59 Å². The zero-order valence-corrected chi connectivity index (χ0v) is 11.2. The Morgan fingerprint density at radius 3 is 2.84 bits per heavy atom. The van der Waals surface area contributed by atoms with Crippen molar-refractivity contribution in [2.24, 2.45) is 11.7 Å². The number of nitrogens with two attached hydrogens (primary N) is 1. The zero-order chi connectivity index (χ0) is 14.0. The largest absolute Gasteiger partial charge is 0.351 e. The number of para-hydroxylation sites is 1. The van der Waals surface area contributed by atoms with Crippen molar-refractivity contribution in [2.75, 3.05) is 5.32 Å². The van der Waals surface area contributed by atoms with Crippen LogP contribution in [0.15, 0.2) is 24.3 Å². The molecule has 3 N–H and O–H groups in total. The highest BCUT2D eigenvalue weighted by atomic mass is 16.2. The van der Waals surface area contributed by atoms with E-state index in [2.05, 4.69) is 5.32 Å². The van der Waals surface area contributed by atoms with Gasteiger partial charge in [-0.3, -0.25) is 4.79 Å². The van der Waals surface area contributed by atoms with E-state index in [4.69, 9.17) is 5.73 Å². The summed E-state index contributed by atoms with van der Waals surface area (Å²) < 4.78 is 0. The summed E-state index contributed by atoms with van der Waals surface area (Å²) >= 11 is 0. The first-order valence-electron chi connectivity index (χ1n) is 6.49. The fraction of sp³-hybridized carbons (Fsp3) is 0.429. The Labute approximate surface area is 112 Å². The third kappa shape index (κ3) is 2.54. The molecule has 2 rings (SSSR count). The summed E-state index contributed by atoms with van der Waals surface area (Å²) in [6.07, 6.45) is 0.804. The van der Waals surface area contributed by atoms with E-state index in [9.17, 15) is 9.59 Å². The summed E-state index contributed by atoms with van der Waals surface area (Å²) in [5, 5.41) is 2.88. The number of rotatable bonds is 2. The van der Waals surface area contributed by atoms with Crippen molar-refractivity contribution in [1.29, 1.82) is 0 Å². The van der Waals surface area contributed by atoms with Crippen molar-refractivity contribution in [3.63, 3.8) is 0 Å². The summed E-state index contributed by atoms with van der Waals surface area (Å²) in [5.74, 6) is -0.111. The molecule has 1 heterocycles. The van der Waals surface area contributed by atoms with Gasteiger partial charge in [0, 0.05) is 5.69 Å². The number of nitrogens with one attached hydrogen (secondary N) is 1. The molecule has 5 heteroatoms. The first-order valence-corrected chi connectivity index (χ1v) is 6.49. The second-order valence-electron chi connectivity index (χ2n) is 4.94. The second-order valence-corrected chi connectivity index (χ2v) is 4.94. The Kier molecular flexibility index (Phi) is 3.74. The van der Waals surface area contributed by atoms with Gasteiger partial charge in [0.05, 0.1) is 6.54 Å². The van der Waals surface area contributed by atoms with E-state index in [-0.39, 0.29) is 11.8 Å². The van der Waals surface area contributed by atoms with Crippen LogP contribution in [0.4, 0.5) is 10.5 Å². The van der Waals surface area contributed by atoms with Crippen molar-refractivity contribution in [3.05, 3.63) is 29.8 Å². The highest BCUT2D eigenvalue weighted by molar-refractivity contribution is 5.98. The number of fused-ring (bicyclic) bond motifs is 1. The number of carbonyl (C=O) groups is 2. The lowest BCUT2D eigenvalue weighted by atomic mass is 9.97. The lowest BCUT2D eigenvalue weighted by Gasteiger charge is -2.30. The molecule has 2 atom stereocenters. The van der Waals surface area contributed by atoms with E-state index in [1.807, 2.05) is 38.1 Å². The molecular formula is C14H19N3O2. The number of amides is 3. The lowest BCUT2D eigenvalue weighted by Crippen LogP contribution is -2.50. The number of hydrogen-bond donors (Lipinski definition) is 2. The van der Waals surface area contributed by atoms with E-state index >= 15 is 0 Å². The Hall–Kier alpha value is -2.04. The molecule has 19 heavy (non-hydrogen) atoms. The van der Waals surface area contributed by atoms with Gasteiger partial charge in [-0.15, -0.1) is 0 Å². The molecule has 1 aromatic carbocycles. The fourth-order valence-electron chi connectivity index (χ4n) is 2.41. The first kappa shape index (κ1) is 13.4. The third-order valence-electron chi connectivity index (χ3n) is 3.69. The quantitative estimate of drug-likeness (QED) is 0.853. The molecule has 1 unspecified atom stereocenters. The molecule has 5 nitrogen and oxygen atoms in total. The van der Waals surface area contributed by atoms with Crippen LogP contribution in [-0.2, 0) is 11.3 Å². The number of anilines is 1. The monoisotopic (exact) mass is 261 g/mol. The minimum absolute atomic E-state index is 0.0572. The van der Waals surface area contributed by atoms with Crippen LogP contribution in [0.1, 0.15) is 25.8 Å². The Morgan fingerprint density at radius 2 is 2.21 bits per heavy atom. The summed E-state index contributed by atoms with van der Waals surface area (Å²) in [7, 11) is 0. The van der Waals surface area contributed by atoms with Gasteiger partial charge in [-0.25, -0.2) is 4.79 Å². The topological polar surface area (TPSA) is 75.4 Å². The fourth-order valence-corrected chi connectivity index (χ4v) is 2.41. The number of carbonyl (C=O) groups excluding carboxylic acids is 2. The van der Waals surface area contributed by atoms with E-state index in [0.717, 1.165) is 17.7 Å². The van der Waals surface area contributed by atoms with Crippen LogP contribution in [0.3, 0.4) is 0 Å². The highest BCUT2D eigenvalue weighted by Gasteiger charge is 2.35. The van der Waals surface area contributed by atoms with Gasteiger partial charge in [0.2, 0.25) is 5.91 Å². The summed E-state index contributed by atoms with van der Waals surface area (Å²) in [5.41, 5.74) is 7.10. The van der Waals surface area contributed by atoms with Gasteiger partial charge in [0.15, 0.2) is 0 Å². The van der Waals surface area contributed by atoms with E-state index in [0.29, 0.717) is 6.54 Å². The molecule has 0 radical (unpaired) electrons. The SMILES string of the molecule is CC[C@H](C)C1C(=O)Nc2ccccc2CN1C(N)=O. The molecule has 1 aliphatic rings. The molecule has 3 amide bonds. The maximum Gasteiger partial charge on any atom is 0.315 e. The summed E-state index contributed by atoms with van der Waals surface area (Å²) in [4.78, 5) is 25.4. The van der Waals surface area contributed by atoms with Crippen LogP contribution in [0.5, 0.6) is 0 Å². The third-order valence-corrected chi connectivity index (χ3v) is 3.69. The van der Waals surface area contributed by atoms with Crippen LogP contribution in [-0.4, -0.2) is 22.9 Å². The second kappa shape index (κ2) is 5.30. The maximum atomic E-state index is 12.3. The molecule has 0 saturated heterocycles. The number of benzene rings is 1. The van der Waals surface area contributed by atoms with Gasteiger partial charge >= 0.3 is 6.03 Å². The summed E-state index contributed by atoms with van der Waals surface area (Å²) in [6.45, 7) is 4.31. The number of hydrogen-bond acceptors (Lipinski definition) is 2. The number of urea groups is 1. The average molecular weight is 261 g/mol. The molecular weight excluding hydrogens is 242 g/mol. The highest BCUT2D eigenvalue weighted by Crippen LogP contribution is 2.26. The minimum Gasteiger partial charge on any atom is -0.351 e. The van der Waals surface area contributed by atoms with Gasteiger partial charge in [-0.05, 0) is 17.5 Å². The van der Waals surface area contributed by atoms with Crippen LogP contribution >= 0.6 is 0 Å². The lowest BCUT2D eigenvalue weighted by molar-refractivity contribution is -0.121. The van der Waals surface area contributed by atoms with Crippen LogP contribution in [0.2, 0.25) is 0 Å². The normalized spacial score (nSPS) is 20.2. The van der Waals surface area contributed by atoms with Crippen molar-refractivity contribution in [3.8, 4) is 0 Å². The molecule has 0 fully saturated rings. The molecule has 0 aliphatic carbocycles. The van der Waals surface area contributed by atoms with Crippen LogP contribution in [0, 0.1) is 5.92 Å². The minimum atomic E-state index is -0.558. The molecule has 0 spiro atoms. The van der Waals surface area contributed by atoms with E-state index in [1.54, 1.807) is 0 Å². The molecule has 0 bridgehead atoms. The molecule has 102 valence electrons. The maximum absolute atomic E-state index is 12.3. The summed E-state index contributed by atoms with van der Waals surface area (Å²) in [6, 6.07) is 6.40. The van der Waals surface area contributed by atoms with Crippen molar-refractivity contribution in [1.82, 2.24) is 4.90 Å². The molecule has 0 aromatic heterocycles. The number of primary amides is 1. The Morgan fingerprint density at radius 1 is 1.53 bits per heavy atom. The van der Waals surface area contributed by atoms with E-state index in [1.165, 1.54) is 4.90 Å². The Bertz CT molecular complexity index is 501. The van der Waals surface area contributed by atoms with Crippen LogP contribution < -0.4 is 11.1 Å². The van der Waals surface area contributed by atoms with Gasteiger partial charge in [0.25, 0.3) is 0 Å². The van der Waals surface area contributed by atoms with Gasteiger partial charge in [-0.2, -0.15) is 0 Å². The predicted octanol–water partition coefficient (Wildman–Crippen LogP) is 1.93. The zero-order valence-electron chi connectivity index (χ0n) is 11.2. The standard InChI is InChI=1S/C14H19N3O2/c1-3-9(2)12-13(18)16-11-7-5-4-6-10(11)8-17(12)14(15)19/h4-7,9,12H,3,8H2,1-2H3,(H2,15,19)(H,16,18)/t9-,12?/m0/s1. The van der Waals surface area contributed by atoms with Crippen LogP contribution in [0.25, 0.3) is 0 Å². The first-order chi connectivity index (χ1) is 9.04. The molecule has 0 saturated carbocycles. The Balaban J connectivity index is 2.42. The smallest absolute Gasteiger partial charge is 0.315 e. The average Bonchev–Trinajstić information content (AvgIpc) is 2.53. The van der Waals surface area contributed by atoms with Gasteiger partial charge in [0.1, 0.15) is 6.04 Å². The van der Waals surface area contributed by atoms with Crippen molar-refractivity contribution >= 4 is 17.6 Å². The molecule has 1 aromatic rings. The van der Waals surface area contributed by atoms with Gasteiger partial charge < -0.3 is 16.0 Å². The van der Waals surface area contributed by atoms with Gasteiger partial charge in [-0.1, -0.05) is 38.5 Å².